The van der Waals surface area contributed by atoms with Crippen LogP contribution < -0.4 is 0 Å². The number of rotatable bonds is 4. The summed E-state index contributed by atoms with van der Waals surface area (Å²) in [6.45, 7) is 0. The Labute approximate surface area is 108 Å². The second-order valence-electron chi connectivity index (χ2n) is 3.47. The Morgan fingerprint density at radius 2 is 2.11 bits per heavy atom. The lowest BCUT2D eigenvalue weighted by Crippen LogP contribution is -2.09. The Balaban J connectivity index is 3.34. The van der Waals surface area contributed by atoms with Crippen LogP contribution in [0.15, 0.2) is 12.1 Å². The van der Waals surface area contributed by atoms with Gasteiger partial charge in [-0.3, -0.25) is 4.79 Å². The molecule has 0 bridgehead atoms. The van der Waals surface area contributed by atoms with Crippen LogP contribution >= 0.6 is 11.6 Å². The van der Waals surface area contributed by atoms with Gasteiger partial charge < -0.3 is 4.74 Å². The lowest BCUT2D eigenvalue weighted by molar-refractivity contribution is -0.139. The third kappa shape index (κ3) is 2.96. The summed E-state index contributed by atoms with van der Waals surface area (Å²) >= 11 is 5.56. The molecule has 3 nitrogen and oxygen atoms in total. The molecule has 0 amide bonds. The molecule has 0 aromatic heterocycles. The van der Waals surface area contributed by atoms with Crippen molar-refractivity contribution in [3.05, 3.63) is 34.4 Å². The Kier molecular flexibility index (Phi) is 5.05. The van der Waals surface area contributed by atoms with Crippen LogP contribution in [0, 0.1) is 11.3 Å². The molecule has 1 aromatic rings. The fourth-order valence-corrected chi connectivity index (χ4v) is 1.81. The Morgan fingerprint density at radius 1 is 1.50 bits per heavy atom. The molecule has 0 N–H and O–H groups in total. The van der Waals surface area contributed by atoms with Gasteiger partial charge in [0.15, 0.2) is 0 Å². The van der Waals surface area contributed by atoms with Crippen molar-refractivity contribution in [2.24, 2.45) is 0 Å². The SMILES string of the molecule is COC(=O)Cc1ccc(CCl)c(C(F)F)c1C#N. The Morgan fingerprint density at radius 3 is 2.56 bits per heavy atom. The highest BCUT2D eigenvalue weighted by Crippen LogP contribution is 2.30. The largest absolute Gasteiger partial charge is 0.469 e. The van der Waals surface area contributed by atoms with Crippen molar-refractivity contribution in [2.75, 3.05) is 7.11 Å². The molecule has 0 saturated heterocycles. The van der Waals surface area contributed by atoms with Crippen molar-refractivity contribution in [2.45, 2.75) is 18.7 Å². The summed E-state index contributed by atoms with van der Waals surface area (Å²) in [7, 11) is 1.19. The van der Waals surface area contributed by atoms with Crippen LogP contribution in [0.3, 0.4) is 0 Å². The van der Waals surface area contributed by atoms with Crippen LogP contribution in [0.5, 0.6) is 0 Å². The third-order valence-corrected chi connectivity index (χ3v) is 2.75. The van der Waals surface area contributed by atoms with E-state index in [4.69, 9.17) is 16.9 Å². The predicted molar refractivity (Wildman–Crippen MR) is 61.4 cm³/mol. The number of nitriles is 1. The second kappa shape index (κ2) is 6.31. The van der Waals surface area contributed by atoms with Crippen molar-refractivity contribution < 1.29 is 18.3 Å². The van der Waals surface area contributed by atoms with Gasteiger partial charge in [0.2, 0.25) is 0 Å². The van der Waals surface area contributed by atoms with E-state index in [0.717, 1.165) is 0 Å². The van der Waals surface area contributed by atoms with Crippen molar-refractivity contribution in [1.29, 1.82) is 5.26 Å². The molecular formula is C12H10ClF2NO2. The number of benzene rings is 1. The van der Waals surface area contributed by atoms with E-state index in [2.05, 4.69) is 4.74 Å². The van der Waals surface area contributed by atoms with E-state index in [1.54, 1.807) is 6.07 Å². The molecule has 0 aliphatic rings. The lowest BCUT2D eigenvalue weighted by Gasteiger charge is -2.12. The molecule has 1 rings (SSSR count). The number of ether oxygens (including phenoxy) is 1. The maximum Gasteiger partial charge on any atom is 0.310 e. The molecule has 96 valence electrons. The number of hydrogen-bond donors (Lipinski definition) is 0. The third-order valence-electron chi connectivity index (χ3n) is 2.46. The average molecular weight is 274 g/mol. The number of carbonyl (C=O) groups excluding carboxylic acids is 1. The van der Waals surface area contributed by atoms with Gasteiger partial charge in [-0.2, -0.15) is 5.26 Å². The van der Waals surface area contributed by atoms with Gasteiger partial charge in [-0.1, -0.05) is 12.1 Å². The van der Waals surface area contributed by atoms with Crippen LogP contribution in [-0.4, -0.2) is 13.1 Å². The van der Waals surface area contributed by atoms with E-state index < -0.39 is 18.0 Å². The molecule has 6 heteroatoms. The van der Waals surface area contributed by atoms with Gasteiger partial charge in [-0.15, -0.1) is 11.6 Å². The highest BCUT2D eigenvalue weighted by atomic mass is 35.5. The molecule has 0 atom stereocenters. The number of hydrogen-bond acceptors (Lipinski definition) is 3. The molecule has 0 unspecified atom stereocenters. The first-order valence-corrected chi connectivity index (χ1v) is 5.54. The number of carbonyl (C=O) groups is 1. The van der Waals surface area contributed by atoms with Gasteiger partial charge in [0, 0.05) is 11.4 Å². The molecule has 0 aliphatic heterocycles. The molecule has 0 spiro atoms. The number of alkyl halides is 3. The maximum absolute atomic E-state index is 12.9. The highest BCUT2D eigenvalue weighted by Gasteiger charge is 2.21. The fourth-order valence-electron chi connectivity index (χ4n) is 1.58. The lowest BCUT2D eigenvalue weighted by atomic mass is 9.96. The van der Waals surface area contributed by atoms with E-state index in [-0.39, 0.29) is 29.0 Å². The second-order valence-corrected chi connectivity index (χ2v) is 3.74. The summed E-state index contributed by atoms with van der Waals surface area (Å²) < 4.78 is 30.3. The van der Waals surface area contributed by atoms with E-state index in [9.17, 15) is 13.6 Å². The first-order chi connectivity index (χ1) is 8.54. The first-order valence-electron chi connectivity index (χ1n) is 5.00. The van der Waals surface area contributed by atoms with Crippen LogP contribution in [-0.2, 0) is 21.8 Å². The minimum atomic E-state index is -2.81. The molecule has 1 aromatic carbocycles. The van der Waals surface area contributed by atoms with E-state index in [1.807, 2.05) is 0 Å². The zero-order valence-electron chi connectivity index (χ0n) is 9.54. The topological polar surface area (TPSA) is 50.1 Å². The maximum atomic E-state index is 12.9. The van der Waals surface area contributed by atoms with Crippen molar-refractivity contribution >= 4 is 17.6 Å². The quantitative estimate of drug-likeness (QED) is 0.626. The highest BCUT2D eigenvalue weighted by molar-refractivity contribution is 6.17. The van der Waals surface area contributed by atoms with Gasteiger partial charge in [0.25, 0.3) is 6.43 Å². The normalized spacial score (nSPS) is 10.2. The summed E-state index contributed by atoms with van der Waals surface area (Å²) in [5.41, 5.74) is -0.201. The Bertz CT molecular complexity index is 498. The van der Waals surface area contributed by atoms with Crippen LogP contribution in [0.4, 0.5) is 8.78 Å². The number of halogens is 3. The van der Waals surface area contributed by atoms with Crippen LogP contribution in [0.1, 0.15) is 28.7 Å². The summed E-state index contributed by atoms with van der Waals surface area (Å²) in [6, 6.07) is 4.54. The van der Waals surface area contributed by atoms with Gasteiger partial charge in [-0.25, -0.2) is 8.78 Å². The number of nitrogens with zero attached hydrogens (tertiary/aromatic N) is 1. The first kappa shape index (κ1) is 14.4. The Hall–Kier alpha value is -1.67. The van der Waals surface area contributed by atoms with Gasteiger partial charge >= 0.3 is 5.97 Å². The van der Waals surface area contributed by atoms with E-state index in [1.165, 1.54) is 19.2 Å². The summed E-state index contributed by atoms with van der Waals surface area (Å²) in [6.07, 6.45) is -3.03. The standard InChI is InChI=1S/C12H10ClF2NO2/c1-18-10(17)4-7-2-3-8(5-13)11(12(14)15)9(7)6-16/h2-3,12H,4-5H2,1H3. The van der Waals surface area contributed by atoms with Crippen molar-refractivity contribution in [3.8, 4) is 6.07 Å². The van der Waals surface area contributed by atoms with Gasteiger partial charge in [0.05, 0.1) is 25.2 Å². The van der Waals surface area contributed by atoms with Crippen molar-refractivity contribution in [3.63, 3.8) is 0 Å². The summed E-state index contributed by atoms with van der Waals surface area (Å²) in [4.78, 5) is 11.1. The zero-order valence-corrected chi connectivity index (χ0v) is 10.3. The minimum Gasteiger partial charge on any atom is -0.469 e. The molecule has 0 aliphatic carbocycles. The summed E-state index contributed by atoms with van der Waals surface area (Å²) in [5.74, 6) is -0.710. The molecule has 0 saturated carbocycles. The van der Waals surface area contributed by atoms with Gasteiger partial charge in [-0.05, 0) is 11.1 Å². The summed E-state index contributed by atoms with van der Waals surface area (Å²) in [5, 5.41) is 8.98. The molecule has 0 radical (unpaired) electrons. The molecule has 18 heavy (non-hydrogen) atoms. The smallest absolute Gasteiger partial charge is 0.310 e. The van der Waals surface area contributed by atoms with Crippen LogP contribution in [0.25, 0.3) is 0 Å². The monoisotopic (exact) mass is 273 g/mol. The van der Waals surface area contributed by atoms with Crippen LogP contribution in [0.2, 0.25) is 0 Å². The number of esters is 1. The van der Waals surface area contributed by atoms with E-state index >= 15 is 0 Å². The molecule has 0 fully saturated rings. The average Bonchev–Trinajstić information content (AvgIpc) is 2.37. The fraction of sp³-hybridized carbons (Fsp3) is 0.333. The van der Waals surface area contributed by atoms with Crippen molar-refractivity contribution in [1.82, 2.24) is 0 Å². The zero-order chi connectivity index (χ0) is 13.7. The molecule has 0 heterocycles. The molecular weight excluding hydrogens is 264 g/mol. The predicted octanol–water partition coefficient (Wildman–Crippen LogP) is 2.95. The minimum absolute atomic E-state index is 0.118. The van der Waals surface area contributed by atoms with Gasteiger partial charge in [0.1, 0.15) is 0 Å². The van der Waals surface area contributed by atoms with E-state index in [0.29, 0.717) is 0 Å². The number of methoxy groups -OCH3 is 1.